The van der Waals surface area contributed by atoms with Gasteiger partial charge in [-0.3, -0.25) is 4.79 Å². The lowest BCUT2D eigenvalue weighted by molar-refractivity contribution is 0.0937. The molecule has 0 bridgehead atoms. The molecule has 0 fully saturated rings. The fourth-order valence-corrected chi connectivity index (χ4v) is 5.89. The van der Waals surface area contributed by atoms with Gasteiger partial charge in [0.15, 0.2) is 0 Å². The van der Waals surface area contributed by atoms with E-state index in [-0.39, 0.29) is 11.9 Å². The Balaban J connectivity index is 1.36. The van der Waals surface area contributed by atoms with Crippen LogP contribution in [0.2, 0.25) is 0 Å². The van der Waals surface area contributed by atoms with Crippen LogP contribution < -0.4 is 10.2 Å². The van der Waals surface area contributed by atoms with E-state index in [9.17, 15) is 4.79 Å². The van der Waals surface area contributed by atoms with Gasteiger partial charge >= 0.3 is 0 Å². The van der Waals surface area contributed by atoms with Gasteiger partial charge in [0.1, 0.15) is 5.03 Å². The predicted molar refractivity (Wildman–Crippen MR) is 116 cm³/mol. The van der Waals surface area contributed by atoms with Gasteiger partial charge in [-0.2, -0.15) is 0 Å². The highest BCUT2D eigenvalue weighted by atomic mass is 32.2. The molecule has 0 saturated carbocycles. The largest absolute Gasteiger partial charge is 0.345 e. The first kappa shape index (κ1) is 17.8. The van der Waals surface area contributed by atoms with E-state index < -0.39 is 0 Å². The number of pyridine rings is 1. The summed E-state index contributed by atoms with van der Waals surface area (Å²) in [6.45, 7) is 0.931. The molecule has 1 aliphatic heterocycles. The number of amides is 1. The van der Waals surface area contributed by atoms with Crippen LogP contribution in [0.25, 0.3) is 0 Å². The molecule has 1 aromatic carbocycles. The van der Waals surface area contributed by atoms with Crippen molar-refractivity contribution in [3.8, 4) is 0 Å². The number of fused-ring (bicyclic) bond motifs is 2. The van der Waals surface area contributed by atoms with Gasteiger partial charge in [0, 0.05) is 18.5 Å². The van der Waals surface area contributed by atoms with E-state index in [1.807, 2.05) is 18.3 Å². The summed E-state index contributed by atoms with van der Waals surface area (Å²) in [7, 11) is 0. The molecule has 4 nitrogen and oxygen atoms in total. The number of hydrogen-bond acceptors (Lipinski definition) is 5. The lowest BCUT2D eigenvalue weighted by Crippen LogP contribution is -2.30. The molecular formula is C22H21N3OS2. The van der Waals surface area contributed by atoms with E-state index in [1.54, 1.807) is 23.1 Å². The van der Waals surface area contributed by atoms with Crippen molar-refractivity contribution in [2.24, 2.45) is 0 Å². The van der Waals surface area contributed by atoms with Crippen molar-refractivity contribution in [2.45, 2.75) is 30.3 Å². The van der Waals surface area contributed by atoms with Gasteiger partial charge in [-0.05, 0) is 54.7 Å². The number of carbonyl (C=O) groups excluding carboxylic acids is 1. The number of rotatable bonds is 3. The second-order valence-electron chi connectivity index (χ2n) is 7.08. The zero-order valence-electron chi connectivity index (χ0n) is 15.4. The van der Waals surface area contributed by atoms with E-state index >= 15 is 0 Å². The van der Waals surface area contributed by atoms with Crippen LogP contribution in [-0.2, 0) is 6.42 Å². The molecule has 2 aromatic heterocycles. The summed E-state index contributed by atoms with van der Waals surface area (Å²) in [5.74, 6) is 1.03. The molecule has 142 valence electrons. The minimum absolute atomic E-state index is 0.0238. The van der Waals surface area contributed by atoms with E-state index in [1.165, 1.54) is 11.1 Å². The Morgan fingerprint density at radius 2 is 2.07 bits per heavy atom. The molecule has 0 saturated heterocycles. The normalized spacial score (nSPS) is 18.3. The smallest absolute Gasteiger partial charge is 0.261 e. The van der Waals surface area contributed by atoms with Gasteiger partial charge < -0.3 is 10.2 Å². The van der Waals surface area contributed by atoms with E-state index in [2.05, 4.69) is 51.6 Å². The molecule has 0 spiro atoms. The lowest BCUT2D eigenvalue weighted by Gasteiger charge is -2.28. The highest BCUT2D eigenvalue weighted by Crippen LogP contribution is 2.40. The number of carbonyl (C=O) groups is 1. The second-order valence-corrected chi connectivity index (χ2v) is 9.23. The molecule has 1 amide bonds. The summed E-state index contributed by atoms with van der Waals surface area (Å²) in [4.78, 5) is 20.5. The van der Waals surface area contributed by atoms with Gasteiger partial charge in [-0.25, -0.2) is 4.98 Å². The van der Waals surface area contributed by atoms with Gasteiger partial charge in [-0.15, -0.1) is 23.1 Å². The van der Waals surface area contributed by atoms with Gasteiger partial charge in [0.25, 0.3) is 5.91 Å². The highest BCUT2D eigenvalue weighted by molar-refractivity contribution is 7.99. The number of nitrogens with one attached hydrogen (secondary N) is 1. The van der Waals surface area contributed by atoms with Crippen molar-refractivity contribution >= 4 is 39.7 Å². The van der Waals surface area contributed by atoms with Crippen LogP contribution in [-0.4, -0.2) is 23.2 Å². The number of aryl methyl sites for hydroxylation is 1. The molecule has 5 rings (SSSR count). The third-order valence-electron chi connectivity index (χ3n) is 5.35. The van der Waals surface area contributed by atoms with Crippen molar-refractivity contribution in [3.63, 3.8) is 0 Å². The van der Waals surface area contributed by atoms with Crippen LogP contribution in [0.3, 0.4) is 0 Å². The summed E-state index contributed by atoms with van der Waals surface area (Å²) in [5.41, 5.74) is 3.77. The summed E-state index contributed by atoms with van der Waals surface area (Å²) in [6, 6.07) is 16.7. The maximum atomic E-state index is 12.9. The van der Waals surface area contributed by atoms with Crippen LogP contribution in [0.5, 0.6) is 0 Å². The Bertz CT molecular complexity index is 1020. The average molecular weight is 408 g/mol. The Morgan fingerprint density at radius 1 is 1.14 bits per heavy atom. The number of benzene rings is 1. The standard InChI is InChI=1S/C22H21N3OS2/c26-21(24-17-8-3-6-15-5-1-2-7-16(15)17)19-10-11-20(28-19)25-13-14-27-22-18(25)9-4-12-23-22/h1-2,4-5,7,9-12,17H,3,6,8,13-14H2,(H,24,26). The van der Waals surface area contributed by atoms with E-state index in [4.69, 9.17) is 0 Å². The Morgan fingerprint density at radius 3 is 3.04 bits per heavy atom. The van der Waals surface area contributed by atoms with Crippen LogP contribution >= 0.6 is 23.1 Å². The quantitative estimate of drug-likeness (QED) is 0.649. The van der Waals surface area contributed by atoms with Crippen LogP contribution in [0.1, 0.15) is 39.7 Å². The first-order chi connectivity index (χ1) is 13.8. The molecule has 0 radical (unpaired) electrons. The predicted octanol–water partition coefficient (Wildman–Crippen LogP) is 5.19. The average Bonchev–Trinajstić information content (AvgIpc) is 3.24. The maximum absolute atomic E-state index is 12.9. The van der Waals surface area contributed by atoms with E-state index in [0.29, 0.717) is 0 Å². The van der Waals surface area contributed by atoms with E-state index in [0.717, 1.165) is 52.2 Å². The first-order valence-corrected chi connectivity index (χ1v) is 11.4. The SMILES string of the molecule is O=C(NC1CCCc2ccccc21)c1ccc(N2CCSc3ncccc32)s1. The Hall–Kier alpha value is -2.31. The number of hydrogen-bond donors (Lipinski definition) is 1. The van der Waals surface area contributed by atoms with Crippen LogP contribution in [0.15, 0.2) is 59.8 Å². The Kier molecular flexibility index (Phi) is 4.82. The molecular weight excluding hydrogens is 386 g/mol. The van der Waals surface area contributed by atoms with Crippen LogP contribution in [0, 0.1) is 0 Å². The third kappa shape index (κ3) is 3.31. The van der Waals surface area contributed by atoms with Gasteiger partial charge in [0.05, 0.1) is 21.6 Å². The molecule has 3 heterocycles. The lowest BCUT2D eigenvalue weighted by atomic mass is 9.88. The molecule has 2 aliphatic rings. The van der Waals surface area contributed by atoms with Gasteiger partial charge in [0.2, 0.25) is 0 Å². The monoisotopic (exact) mass is 407 g/mol. The highest BCUT2D eigenvalue weighted by Gasteiger charge is 2.24. The zero-order valence-corrected chi connectivity index (χ0v) is 17.1. The molecule has 1 N–H and O–H groups in total. The maximum Gasteiger partial charge on any atom is 0.261 e. The number of anilines is 2. The van der Waals surface area contributed by atoms with Crippen molar-refractivity contribution in [1.29, 1.82) is 0 Å². The molecule has 28 heavy (non-hydrogen) atoms. The minimum atomic E-state index is 0.0238. The summed E-state index contributed by atoms with van der Waals surface area (Å²) in [6.07, 6.45) is 5.06. The minimum Gasteiger partial charge on any atom is -0.345 e. The molecule has 1 unspecified atom stereocenters. The van der Waals surface area contributed by atoms with Crippen LogP contribution in [0.4, 0.5) is 10.7 Å². The molecule has 3 aromatic rings. The zero-order chi connectivity index (χ0) is 18.9. The fraction of sp³-hybridized carbons (Fsp3) is 0.273. The van der Waals surface area contributed by atoms with Gasteiger partial charge in [-0.1, -0.05) is 24.3 Å². The van der Waals surface area contributed by atoms with Crippen molar-refractivity contribution in [1.82, 2.24) is 10.3 Å². The summed E-state index contributed by atoms with van der Waals surface area (Å²) >= 11 is 3.35. The fourth-order valence-electron chi connectivity index (χ4n) is 4.01. The number of nitrogens with zero attached hydrogens (tertiary/aromatic N) is 2. The third-order valence-corrected chi connectivity index (χ3v) is 7.43. The summed E-state index contributed by atoms with van der Waals surface area (Å²) in [5, 5.41) is 5.43. The first-order valence-electron chi connectivity index (χ1n) is 9.63. The number of aromatic nitrogens is 1. The van der Waals surface area contributed by atoms with Crippen molar-refractivity contribution in [2.75, 3.05) is 17.2 Å². The number of thioether (sulfide) groups is 1. The van der Waals surface area contributed by atoms with Crippen molar-refractivity contribution < 1.29 is 4.79 Å². The molecule has 1 aliphatic carbocycles. The second kappa shape index (κ2) is 7.60. The number of thiophene rings is 1. The summed E-state index contributed by atoms with van der Waals surface area (Å²) < 4.78 is 0. The van der Waals surface area contributed by atoms with Crippen molar-refractivity contribution in [3.05, 3.63) is 70.7 Å². The molecule has 6 heteroatoms. The molecule has 1 atom stereocenters. The topological polar surface area (TPSA) is 45.2 Å². The Labute approximate surface area is 173 Å².